The summed E-state index contributed by atoms with van der Waals surface area (Å²) in [5.41, 5.74) is 1.91. The van der Waals surface area contributed by atoms with Crippen LogP contribution in [0.3, 0.4) is 0 Å². The number of aromatic amines is 1. The fraction of sp³-hybridized carbons (Fsp3) is 0.111. The van der Waals surface area contributed by atoms with Crippen molar-refractivity contribution in [1.82, 2.24) is 15.0 Å². The van der Waals surface area contributed by atoms with Gasteiger partial charge in [-0.1, -0.05) is 0 Å². The van der Waals surface area contributed by atoms with Gasteiger partial charge in [-0.05, 0) is 6.07 Å². The van der Waals surface area contributed by atoms with E-state index >= 15 is 0 Å². The summed E-state index contributed by atoms with van der Waals surface area (Å²) >= 11 is 0. The van der Waals surface area contributed by atoms with Crippen LogP contribution in [-0.2, 0) is 0 Å². The van der Waals surface area contributed by atoms with Crippen molar-refractivity contribution in [2.24, 2.45) is 0 Å². The maximum absolute atomic E-state index is 4.34. The number of hydrogen-bond acceptors (Lipinski definition) is 3. The highest BCUT2D eigenvalue weighted by Crippen LogP contribution is 2.15. The Balaban J connectivity index is 2.41. The SMILES string of the molecule is CNc1cncc(-c2cc[nH]c2)n1. The predicted octanol–water partition coefficient (Wildman–Crippen LogP) is 1.51. The molecule has 0 aliphatic rings. The van der Waals surface area contributed by atoms with E-state index < -0.39 is 0 Å². The van der Waals surface area contributed by atoms with Gasteiger partial charge in [0.2, 0.25) is 0 Å². The van der Waals surface area contributed by atoms with Gasteiger partial charge in [-0.15, -0.1) is 0 Å². The topological polar surface area (TPSA) is 53.6 Å². The molecule has 13 heavy (non-hydrogen) atoms. The summed E-state index contributed by atoms with van der Waals surface area (Å²) in [6.45, 7) is 0. The molecule has 4 heteroatoms. The standard InChI is InChI=1S/C9H10N4/c1-10-9-6-12-5-8(13-9)7-2-3-11-4-7/h2-6,11H,1H3,(H,10,13). The van der Waals surface area contributed by atoms with E-state index in [2.05, 4.69) is 20.3 Å². The number of nitrogens with zero attached hydrogens (tertiary/aromatic N) is 2. The van der Waals surface area contributed by atoms with E-state index in [4.69, 9.17) is 0 Å². The third-order valence-corrected chi connectivity index (χ3v) is 1.78. The third-order valence-electron chi connectivity index (χ3n) is 1.78. The molecule has 2 rings (SSSR count). The minimum Gasteiger partial charge on any atom is -0.372 e. The number of H-pyrrole nitrogens is 1. The molecule has 0 aliphatic carbocycles. The molecule has 0 unspecified atom stereocenters. The van der Waals surface area contributed by atoms with Crippen molar-refractivity contribution in [2.45, 2.75) is 0 Å². The molecule has 0 spiro atoms. The second kappa shape index (κ2) is 3.26. The van der Waals surface area contributed by atoms with Gasteiger partial charge in [0.1, 0.15) is 5.82 Å². The molecular formula is C9H10N4. The zero-order chi connectivity index (χ0) is 9.10. The first-order valence-electron chi connectivity index (χ1n) is 4.03. The molecular weight excluding hydrogens is 164 g/mol. The van der Waals surface area contributed by atoms with Crippen LogP contribution in [-0.4, -0.2) is 22.0 Å². The lowest BCUT2D eigenvalue weighted by atomic mass is 10.2. The number of nitrogens with one attached hydrogen (secondary N) is 2. The normalized spacial score (nSPS) is 9.92. The fourth-order valence-electron chi connectivity index (χ4n) is 1.11. The third kappa shape index (κ3) is 1.51. The summed E-state index contributed by atoms with van der Waals surface area (Å²) in [5, 5.41) is 2.95. The lowest BCUT2D eigenvalue weighted by Crippen LogP contribution is -1.94. The van der Waals surface area contributed by atoms with E-state index in [0.717, 1.165) is 17.1 Å². The molecule has 4 nitrogen and oxygen atoms in total. The van der Waals surface area contributed by atoms with E-state index in [1.165, 1.54) is 0 Å². The van der Waals surface area contributed by atoms with Crippen LogP contribution in [0.4, 0.5) is 5.82 Å². The Morgan fingerprint density at radius 2 is 2.31 bits per heavy atom. The Hall–Kier alpha value is -1.84. The zero-order valence-electron chi connectivity index (χ0n) is 7.28. The molecule has 66 valence electrons. The Morgan fingerprint density at radius 1 is 1.38 bits per heavy atom. The smallest absolute Gasteiger partial charge is 0.144 e. The molecule has 0 saturated heterocycles. The highest BCUT2D eigenvalue weighted by molar-refractivity contribution is 5.58. The van der Waals surface area contributed by atoms with Gasteiger partial charge in [0.15, 0.2) is 0 Å². The van der Waals surface area contributed by atoms with Crippen molar-refractivity contribution in [3.63, 3.8) is 0 Å². The molecule has 0 radical (unpaired) electrons. The number of hydrogen-bond donors (Lipinski definition) is 2. The average Bonchev–Trinajstić information content (AvgIpc) is 2.71. The molecule has 2 aromatic rings. The van der Waals surface area contributed by atoms with E-state index in [-0.39, 0.29) is 0 Å². The van der Waals surface area contributed by atoms with Crippen LogP contribution in [0.2, 0.25) is 0 Å². The molecule has 0 amide bonds. The van der Waals surface area contributed by atoms with Crippen LogP contribution < -0.4 is 5.32 Å². The highest BCUT2D eigenvalue weighted by atomic mass is 15.0. The van der Waals surface area contributed by atoms with Gasteiger partial charge in [0.05, 0.1) is 18.1 Å². The molecule has 0 atom stereocenters. The van der Waals surface area contributed by atoms with Gasteiger partial charge in [-0.2, -0.15) is 0 Å². The number of anilines is 1. The first kappa shape index (κ1) is 7.79. The van der Waals surface area contributed by atoms with Crippen LogP contribution in [0.25, 0.3) is 11.3 Å². The van der Waals surface area contributed by atoms with Gasteiger partial charge in [-0.3, -0.25) is 4.98 Å². The van der Waals surface area contributed by atoms with Crippen molar-refractivity contribution in [3.05, 3.63) is 30.9 Å². The van der Waals surface area contributed by atoms with Crippen LogP contribution in [0, 0.1) is 0 Å². The van der Waals surface area contributed by atoms with Crippen LogP contribution in [0.5, 0.6) is 0 Å². The second-order valence-corrected chi connectivity index (χ2v) is 2.64. The Bertz CT molecular complexity index is 380. The number of rotatable bonds is 2. The lowest BCUT2D eigenvalue weighted by molar-refractivity contribution is 1.19. The molecule has 2 aromatic heterocycles. The maximum Gasteiger partial charge on any atom is 0.144 e. The zero-order valence-corrected chi connectivity index (χ0v) is 7.28. The molecule has 2 N–H and O–H groups in total. The molecule has 0 aromatic carbocycles. The Kier molecular flexibility index (Phi) is 1.96. The molecule has 0 saturated carbocycles. The van der Waals surface area contributed by atoms with Crippen LogP contribution >= 0.6 is 0 Å². The van der Waals surface area contributed by atoms with Crippen LogP contribution in [0.15, 0.2) is 30.9 Å². The molecule has 0 fully saturated rings. The number of aromatic nitrogens is 3. The summed E-state index contributed by atoms with van der Waals surface area (Å²) < 4.78 is 0. The van der Waals surface area contributed by atoms with Crippen molar-refractivity contribution in [3.8, 4) is 11.3 Å². The summed E-state index contributed by atoms with van der Waals surface area (Å²) in [4.78, 5) is 11.4. The summed E-state index contributed by atoms with van der Waals surface area (Å²) in [5.74, 6) is 0.777. The van der Waals surface area contributed by atoms with Crippen molar-refractivity contribution >= 4 is 5.82 Å². The first-order chi connectivity index (χ1) is 6.40. The molecule has 2 heterocycles. The lowest BCUT2D eigenvalue weighted by Gasteiger charge is -2.00. The summed E-state index contributed by atoms with van der Waals surface area (Å²) in [6.07, 6.45) is 7.19. The highest BCUT2D eigenvalue weighted by Gasteiger charge is 1.99. The summed E-state index contributed by atoms with van der Waals surface area (Å²) in [6, 6.07) is 1.96. The minimum atomic E-state index is 0.777. The summed E-state index contributed by atoms with van der Waals surface area (Å²) in [7, 11) is 1.82. The van der Waals surface area contributed by atoms with E-state index in [1.54, 1.807) is 12.4 Å². The first-order valence-corrected chi connectivity index (χ1v) is 4.03. The van der Waals surface area contributed by atoms with Gasteiger partial charge >= 0.3 is 0 Å². The largest absolute Gasteiger partial charge is 0.372 e. The minimum absolute atomic E-state index is 0.777. The quantitative estimate of drug-likeness (QED) is 0.725. The van der Waals surface area contributed by atoms with Gasteiger partial charge in [-0.25, -0.2) is 4.98 Å². The monoisotopic (exact) mass is 174 g/mol. The van der Waals surface area contributed by atoms with Crippen LogP contribution in [0.1, 0.15) is 0 Å². The van der Waals surface area contributed by atoms with Crippen molar-refractivity contribution in [1.29, 1.82) is 0 Å². The average molecular weight is 174 g/mol. The predicted molar refractivity (Wildman–Crippen MR) is 51.4 cm³/mol. The van der Waals surface area contributed by atoms with Gasteiger partial charge in [0, 0.05) is 25.0 Å². The van der Waals surface area contributed by atoms with Gasteiger partial charge in [0.25, 0.3) is 0 Å². The van der Waals surface area contributed by atoms with Gasteiger partial charge < -0.3 is 10.3 Å². The fourth-order valence-corrected chi connectivity index (χ4v) is 1.11. The second-order valence-electron chi connectivity index (χ2n) is 2.64. The molecule has 0 bridgehead atoms. The van der Waals surface area contributed by atoms with E-state index in [1.807, 2.05) is 25.5 Å². The van der Waals surface area contributed by atoms with E-state index in [9.17, 15) is 0 Å². The van der Waals surface area contributed by atoms with Crippen molar-refractivity contribution in [2.75, 3.05) is 12.4 Å². The van der Waals surface area contributed by atoms with E-state index in [0.29, 0.717) is 0 Å². The molecule has 0 aliphatic heterocycles. The van der Waals surface area contributed by atoms with Crippen molar-refractivity contribution < 1.29 is 0 Å². The Morgan fingerprint density at radius 3 is 3.00 bits per heavy atom. The maximum atomic E-state index is 4.34. The Labute approximate surface area is 76.1 Å².